The van der Waals surface area contributed by atoms with E-state index in [0.717, 1.165) is 0 Å². The number of anilines is 1. The van der Waals surface area contributed by atoms with E-state index < -0.39 is 21.9 Å². The predicted molar refractivity (Wildman–Crippen MR) is 89.4 cm³/mol. The smallest absolute Gasteiger partial charge is 0.344 e. The van der Waals surface area contributed by atoms with E-state index in [1.165, 1.54) is 0 Å². The van der Waals surface area contributed by atoms with Crippen LogP contribution < -0.4 is 10.5 Å². The van der Waals surface area contributed by atoms with Gasteiger partial charge in [0.2, 0.25) is 0 Å². The van der Waals surface area contributed by atoms with Crippen molar-refractivity contribution >= 4 is 21.7 Å². The van der Waals surface area contributed by atoms with E-state index >= 15 is 0 Å². The van der Waals surface area contributed by atoms with Gasteiger partial charge in [-0.2, -0.15) is 8.42 Å². The molecule has 2 rings (SSSR count). The fourth-order valence-corrected chi connectivity index (χ4v) is 3.44. The minimum atomic E-state index is -3.80. The molecule has 7 nitrogen and oxygen atoms in total. The average Bonchev–Trinajstić information content (AvgIpc) is 2.42. The highest BCUT2D eigenvalue weighted by Crippen LogP contribution is 2.28. The number of aliphatic hydroxyl groups excluding tert-OH is 1. The molecule has 1 atom stereocenters. The van der Waals surface area contributed by atoms with Gasteiger partial charge < -0.3 is 15.6 Å². The quantitative estimate of drug-likeness (QED) is 0.748. The molecule has 4 N–H and O–H groups in total. The lowest BCUT2D eigenvalue weighted by Crippen LogP contribution is -2.42. The van der Waals surface area contributed by atoms with Crippen LogP contribution in [0.1, 0.15) is 38.8 Å². The Labute approximate surface area is 136 Å². The molecule has 1 aliphatic heterocycles. The van der Waals surface area contributed by atoms with Gasteiger partial charge in [-0.15, -0.1) is 4.40 Å². The molecule has 8 heteroatoms. The summed E-state index contributed by atoms with van der Waals surface area (Å²) in [5.74, 6) is -0.0201. The maximum absolute atomic E-state index is 11.6. The fourth-order valence-electron chi connectivity index (χ4n) is 2.60. The summed E-state index contributed by atoms with van der Waals surface area (Å²) in [7, 11) is -3.80. The number of nitrogens with zero attached hydrogens (tertiary/aromatic N) is 1. The molecule has 0 radical (unpaired) electrons. The molecule has 0 amide bonds. The summed E-state index contributed by atoms with van der Waals surface area (Å²) in [6.07, 6.45) is -0.633. The second kappa shape index (κ2) is 6.10. The Morgan fingerprint density at radius 1 is 1.39 bits per heavy atom. The fraction of sp³-hybridized carbons (Fsp3) is 0.533. The first-order valence-electron chi connectivity index (χ1n) is 7.36. The van der Waals surface area contributed by atoms with Gasteiger partial charge in [0, 0.05) is 5.56 Å². The number of fused-ring (bicyclic) bond motifs is 1. The standard InChI is InChI=1S/C15H23N3O4S/c1-9(2)13(19)15(3,4)22-8-10-6-5-7-11-12(10)14(16)18-23(20,21)17-11/h5-7,9,13,17,19H,8H2,1-4H3,(H2,16,18). The number of hydrogen-bond donors (Lipinski definition) is 3. The van der Waals surface area contributed by atoms with Gasteiger partial charge in [-0.3, -0.25) is 4.72 Å². The number of amidine groups is 1. The molecule has 128 valence electrons. The summed E-state index contributed by atoms with van der Waals surface area (Å²) in [5.41, 5.74) is 6.63. The van der Waals surface area contributed by atoms with E-state index in [2.05, 4.69) is 9.12 Å². The first-order valence-corrected chi connectivity index (χ1v) is 8.80. The van der Waals surface area contributed by atoms with Crippen LogP contribution in [0.2, 0.25) is 0 Å². The van der Waals surface area contributed by atoms with Crippen molar-refractivity contribution in [1.29, 1.82) is 0 Å². The van der Waals surface area contributed by atoms with Crippen LogP contribution >= 0.6 is 0 Å². The Bertz CT molecular complexity index is 726. The third-order valence-electron chi connectivity index (χ3n) is 3.81. The Kier molecular flexibility index (Phi) is 4.70. The number of aliphatic hydroxyl groups is 1. The van der Waals surface area contributed by atoms with E-state index in [4.69, 9.17) is 10.5 Å². The summed E-state index contributed by atoms with van der Waals surface area (Å²) in [5, 5.41) is 10.2. The second-order valence-corrected chi connectivity index (χ2v) is 7.81. The van der Waals surface area contributed by atoms with Gasteiger partial charge in [-0.25, -0.2) is 0 Å². The molecular formula is C15H23N3O4S. The van der Waals surface area contributed by atoms with E-state index in [9.17, 15) is 13.5 Å². The van der Waals surface area contributed by atoms with E-state index in [1.54, 1.807) is 18.2 Å². The molecule has 1 heterocycles. The number of nitrogens with one attached hydrogen (secondary N) is 1. The van der Waals surface area contributed by atoms with Crippen LogP contribution in [0.4, 0.5) is 5.69 Å². The van der Waals surface area contributed by atoms with Gasteiger partial charge in [0.1, 0.15) is 5.84 Å². The van der Waals surface area contributed by atoms with E-state index in [-0.39, 0.29) is 18.4 Å². The number of nitrogens with two attached hydrogens (primary N) is 1. The highest BCUT2D eigenvalue weighted by molar-refractivity contribution is 7.91. The number of rotatable bonds is 5. The molecule has 1 aromatic rings. The third kappa shape index (κ3) is 3.82. The topological polar surface area (TPSA) is 114 Å². The van der Waals surface area contributed by atoms with Crippen molar-refractivity contribution in [3.63, 3.8) is 0 Å². The maximum Gasteiger partial charge on any atom is 0.344 e. The second-order valence-electron chi connectivity index (χ2n) is 6.47. The maximum atomic E-state index is 11.6. The number of benzene rings is 1. The average molecular weight is 341 g/mol. The first-order chi connectivity index (χ1) is 10.5. The van der Waals surface area contributed by atoms with Gasteiger partial charge in [-0.1, -0.05) is 26.0 Å². The Morgan fingerprint density at radius 3 is 2.65 bits per heavy atom. The van der Waals surface area contributed by atoms with Gasteiger partial charge in [0.05, 0.1) is 24.0 Å². The Balaban J connectivity index is 2.27. The van der Waals surface area contributed by atoms with Crippen molar-refractivity contribution in [3.05, 3.63) is 29.3 Å². The molecule has 0 bridgehead atoms. The Hall–Kier alpha value is -1.64. The zero-order valence-electron chi connectivity index (χ0n) is 13.7. The van der Waals surface area contributed by atoms with Crippen LogP contribution in [-0.4, -0.2) is 31.1 Å². The lowest BCUT2D eigenvalue weighted by Gasteiger charge is -2.33. The molecular weight excluding hydrogens is 318 g/mol. The van der Waals surface area contributed by atoms with Crippen LogP contribution in [0.25, 0.3) is 0 Å². The molecule has 23 heavy (non-hydrogen) atoms. The molecule has 0 aromatic heterocycles. The first kappa shape index (κ1) is 17.7. The molecule has 0 aliphatic carbocycles. The molecule has 0 spiro atoms. The normalized spacial score (nSPS) is 18.1. The van der Waals surface area contributed by atoms with Gasteiger partial charge in [-0.05, 0) is 31.4 Å². The molecule has 1 unspecified atom stereocenters. The highest BCUT2D eigenvalue weighted by atomic mass is 32.2. The largest absolute Gasteiger partial charge is 0.390 e. The number of ether oxygens (including phenoxy) is 1. The third-order valence-corrected chi connectivity index (χ3v) is 4.72. The van der Waals surface area contributed by atoms with Crippen molar-refractivity contribution in [2.24, 2.45) is 16.0 Å². The minimum absolute atomic E-state index is 0.0492. The van der Waals surface area contributed by atoms with Crippen molar-refractivity contribution in [3.8, 4) is 0 Å². The summed E-state index contributed by atoms with van der Waals surface area (Å²) < 4.78 is 34.8. The zero-order chi connectivity index (χ0) is 17.4. The lowest BCUT2D eigenvalue weighted by atomic mass is 9.92. The van der Waals surface area contributed by atoms with E-state index in [0.29, 0.717) is 16.8 Å². The SMILES string of the molecule is CC(C)C(O)C(C)(C)OCc1cccc2c1C(N)=NS(=O)(=O)N2. The highest BCUT2D eigenvalue weighted by Gasteiger charge is 2.32. The molecule has 0 saturated heterocycles. The zero-order valence-corrected chi connectivity index (χ0v) is 14.5. The lowest BCUT2D eigenvalue weighted by molar-refractivity contribution is -0.123. The van der Waals surface area contributed by atoms with E-state index in [1.807, 2.05) is 27.7 Å². The monoisotopic (exact) mass is 341 g/mol. The molecule has 0 fully saturated rings. The summed E-state index contributed by atoms with van der Waals surface area (Å²) in [6, 6.07) is 5.12. The van der Waals surface area contributed by atoms with Crippen molar-refractivity contribution in [2.75, 3.05) is 4.72 Å². The molecule has 0 saturated carbocycles. The number of hydrogen-bond acceptors (Lipinski definition) is 5. The van der Waals surface area contributed by atoms with Crippen molar-refractivity contribution in [2.45, 2.75) is 46.0 Å². The minimum Gasteiger partial charge on any atom is -0.390 e. The van der Waals surface area contributed by atoms with Crippen molar-refractivity contribution < 1.29 is 18.3 Å². The van der Waals surface area contributed by atoms with Crippen LogP contribution in [-0.2, 0) is 21.6 Å². The van der Waals surface area contributed by atoms with Crippen LogP contribution in [0, 0.1) is 5.92 Å². The predicted octanol–water partition coefficient (Wildman–Crippen LogP) is 1.37. The van der Waals surface area contributed by atoms with Crippen molar-refractivity contribution in [1.82, 2.24) is 0 Å². The van der Waals surface area contributed by atoms with Crippen LogP contribution in [0.15, 0.2) is 22.6 Å². The van der Waals surface area contributed by atoms with Crippen LogP contribution in [0.3, 0.4) is 0 Å². The summed E-state index contributed by atoms with van der Waals surface area (Å²) >= 11 is 0. The summed E-state index contributed by atoms with van der Waals surface area (Å²) in [6.45, 7) is 7.64. The molecule has 1 aliphatic rings. The molecule has 1 aromatic carbocycles. The van der Waals surface area contributed by atoms with Gasteiger partial charge >= 0.3 is 10.2 Å². The van der Waals surface area contributed by atoms with Crippen LogP contribution in [0.5, 0.6) is 0 Å². The summed E-state index contributed by atoms with van der Waals surface area (Å²) in [4.78, 5) is 0. The van der Waals surface area contributed by atoms with Gasteiger partial charge in [0.15, 0.2) is 0 Å². The Morgan fingerprint density at radius 2 is 2.04 bits per heavy atom. The van der Waals surface area contributed by atoms with Gasteiger partial charge in [0.25, 0.3) is 0 Å².